The van der Waals surface area contributed by atoms with E-state index in [4.69, 9.17) is 4.74 Å². The van der Waals surface area contributed by atoms with Gasteiger partial charge >= 0.3 is 0 Å². The molecule has 0 aliphatic heterocycles. The summed E-state index contributed by atoms with van der Waals surface area (Å²) < 4.78 is 7.53. The molecular formula is C14H18N2O2. The van der Waals surface area contributed by atoms with Crippen molar-refractivity contribution in [1.82, 2.24) is 9.78 Å². The van der Waals surface area contributed by atoms with Crippen LogP contribution in [0, 0.1) is 0 Å². The van der Waals surface area contributed by atoms with E-state index in [0.717, 1.165) is 11.3 Å². The van der Waals surface area contributed by atoms with E-state index in [1.54, 1.807) is 6.20 Å². The molecule has 4 heteroatoms. The van der Waals surface area contributed by atoms with Crippen molar-refractivity contribution in [1.29, 1.82) is 0 Å². The van der Waals surface area contributed by atoms with E-state index < -0.39 is 6.10 Å². The van der Waals surface area contributed by atoms with E-state index in [1.165, 1.54) is 0 Å². The lowest BCUT2D eigenvalue weighted by Crippen LogP contribution is -2.10. The van der Waals surface area contributed by atoms with Gasteiger partial charge in [0.25, 0.3) is 0 Å². The number of benzene rings is 1. The van der Waals surface area contributed by atoms with Gasteiger partial charge in [-0.15, -0.1) is 0 Å². The van der Waals surface area contributed by atoms with Crippen LogP contribution in [0.15, 0.2) is 42.7 Å². The van der Waals surface area contributed by atoms with Crippen molar-refractivity contribution in [2.75, 3.05) is 6.61 Å². The second-order valence-corrected chi connectivity index (χ2v) is 4.08. The average Bonchev–Trinajstić information content (AvgIpc) is 2.92. The lowest BCUT2D eigenvalue weighted by molar-refractivity contribution is 0.166. The molecule has 96 valence electrons. The van der Waals surface area contributed by atoms with Crippen LogP contribution in [-0.2, 0) is 6.54 Å². The quantitative estimate of drug-likeness (QED) is 0.851. The minimum absolute atomic E-state index is 0.467. The SMILES string of the molecule is CC[C@H](O)c1ccccc1OCCn1cccn1. The van der Waals surface area contributed by atoms with Gasteiger partial charge in [0.2, 0.25) is 0 Å². The molecule has 2 rings (SSSR count). The molecule has 1 aromatic carbocycles. The minimum Gasteiger partial charge on any atom is -0.491 e. The molecule has 0 saturated heterocycles. The van der Waals surface area contributed by atoms with Gasteiger partial charge in [0.1, 0.15) is 12.4 Å². The third kappa shape index (κ3) is 3.11. The number of aliphatic hydroxyl groups is 1. The molecule has 0 saturated carbocycles. The number of rotatable bonds is 6. The molecule has 0 amide bonds. The summed E-state index contributed by atoms with van der Waals surface area (Å²) in [7, 11) is 0. The Morgan fingerprint density at radius 1 is 1.33 bits per heavy atom. The Hall–Kier alpha value is -1.81. The number of aromatic nitrogens is 2. The van der Waals surface area contributed by atoms with Crippen molar-refractivity contribution >= 4 is 0 Å². The highest BCUT2D eigenvalue weighted by Gasteiger charge is 2.10. The van der Waals surface area contributed by atoms with Crippen molar-refractivity contribution in [2.45, 2.75) is 26.0 Å². The number of aliphatic hydroxyl groups excluding tert-OH is 1. The number of para-hydroxylation sites is 1. The van der Waals surface area contributed by atoms with Gasteiger partial charge in [-0.25, -0.2) is 0 Å². The highest BCUT2D eigenvalue weighted by Crippen LogP contribution is 2.26. The van der Waals surface area contributed by atoms with Crippen molar-refractivity contribution < 1.29 is 9.84 Å². The summed E-state index contributed by atoms with van der Waals surface area (Å²) in [6.45, 7) is 3.18. The largest absolute Gasteiger partial charge is 0.491 e. The van der Waals surface area contributed by atoms with Gasteiger partial charge < -0.3 is 9.84 Å². The van der Waals surface area contributed by atoms with E-state index in [-0.39, 0.29) is 0 Å². The summed E-state index contributed by atoms with van der Waals surface area (Å²) in [5.41, 5.74) is 0.848. The van der Waals surface area contributed by atoms with Crippen LogP contribution < -0.4 is 4.74 Å². The molecular weight excluding hydrogens is 228 g/mol. The predicted octanol–water partition coefficient (Wildman–Crippen LogP) is 2.41. The van der Waals surface area contributed by atoms with Crippen molar-refractivity contribution in [2.24, 2.45) is 0 Å². The fourth-order valence-electron chi connectivity index (χ4n) is 1.79. The maximum Gasteiger partial charge on any atom is 0.125 e. The van der Waals surface area contributed by atoms with E-state index >= 15 is 0 Å². The fraction of sp³-hybridized carbons (Fsp3) is 0.357. The molecule has 0 aliphatic rings. The van der Waals surface area contributed by atoms with E-state index in [1.807, 2.05) is 48.1 Å². The van der Waals surface area contributed by atoms with E-state index in [0.29, 0.717) is 19.6 Å². The topological polar surface area (TPSA) is 47.3 Å². The molecule has 18 heavy (non-hydrogen) atoms. The molecule has 0 bridgehead atoms. The van der Waals surface area contributed by atoms with Crippen molar-refractivity contribution in [3.05, 3.63) is 48.3 Å². The summed E-state index contributed by atoms with van der Waals surface area (Å²) in [6.07, 6.45) is 3.86. The third-order valence-corrected chi connectivity index (χ3v) is 2.80. The highest BCUT2D eigenvalue weighted by molar-refractivity contribution is 5.34. The van der Waals surface area contributed by atoms with Gasteiger partial charge in [-0.2, -0.15) is 5.10 Å². The zero-order valence-electron chi connectivity index (χ0n) is 10.5. The lowest BCUT2D eigenvalue weighted by Gasteiger charge is -2.14. The zero-order chi connectivity index (χ0) is 12.8. The third-order valence-electron chi connectivity index (χ3n) is 2.80. The molecule has 1 heterocycles. The van der Waals surface area contributed by atoms with Crippen LogP contribution in [0.1, 0.15) is 25.0 Å². The van der Waals surface area contributed by atoms with Gasteiger partial charge in [-0.1, -0.05) is 25.1 Å². The number of hydrogen-bond acceptors (Lipinski definition) is 3. The molecule has 1 N–H and O–H groups in total. The van der Waals surface area contributed by atoms with Gasteiger partial charge in [0.15, 0.2) is 0 Å². The summed E-state index contributed by atoms with van der Waals surface area (Å²) in [5.74, 6) is 0.749. The van der Waals surface area contributed by atoms with Crippen LogP contribution in [0.5, 0.6) is 5.75 Å². The molecule has 1 aromatic heterocycles. The maximum absolute atomic E-state index is 9.90. The summed E-state index contributed by atoms with van der Waals surface area (Å²) in [6, 6.07) is 9.49. The van der Waals surface area contributed by atoms with E-state index in [2.05, 4.69) is 5.10 Å². The van der Waals surface area contributed by atoms with Gasteiger partial charge in [0, 0.05) is 18.0 Å². The molecule has 0 radical (unpaired) electrons. The Labute approximate surface area is 107 Å². The second-order valence-electron chi connectivity index (χ2n) is 4.08. The summed E-state index contributed by atoms with van der Waals surface area (Å²) in [4.78, 5) is 0. The molecule has 1 atom stereocenters. The molecule has 2 aromatic rings. The molecule has 0 unspecified atom stereocenters. The monoisotopic (exact) mass is 246 g/mol. The minimum atomic E-state index is -0.467. The van der Waals surface area contributed by atoms with Crippen LogP contribution in [0.4, 0.5) is 0 Å². The number of hydrogen-bond donors (Lipinski definition) is 1. The summed E-state index contributed by atoms with van der Waals surface area (Å²) in [5, 5.41) is 14.0. The highest BCUT2D eigenvalue weighted by atomic mass is 16.5. The van der Waals surface area contributed by atoms with Crippen LogP contribution in [0.2, 0.25) is 0 Å². The standard InChI is InChI=1S/C14H18N2O2/c1-2-13(17)12-6-3-4-7-14(12)18-11-10-16-9-5-8-15-16/h3-9,13,17H,2,10-11H2,1H3/t13-/m0/s1. The Bertz CT molecular complexity index is 468. The van der Waals surface area contributed by atoms with Gasteiger partial charge in [-0.05, 0) is 18.6 Å². The first-order valence-corrected chi connectivity index (χ1v) is 6.18. The Balaban J connectivity index is 1.96. The number of nitrogens with zero attached hydrogens (tertiary/aromatic N) is 2. The molecule has 0 fully saturated rings. The second kappa shape index (κ2) is 6.21. The van der Waals surface area contributed by atoms with Crippen LogP contribution in [0.25, 0.3) is 0 Å². The maximum atomic E-state index is 9.90. The first kappa shape index (κ1) is 12.6. The van der Waals surface area contributed by atoms with Crippen LogP contribution >= 0.6 is 0 Å². The van der Waals surface area contributed by atoms with Gasteiger partial charge in [0.05, 0.1) is 12.6 Å². The molecule has 0 aliphatic carbocycles. The Morgan fingerprint density at radius 3 is 2.89 bits per heavy atom. The average molecular weight is 246 g/mol. The summed E-state index contributed by atoms with van der Waals surface area (Å²) >= 11 is 0. The smallest absolute Gasteiger partial charge is 0.125 e. The van der Waals surface area contributed by atoms with Crippen molar-refractivity contribution in [3.8, 4) is 5.75 Å². The van der Waals surface area contributed by atoms with E-state index in [9.17, 15) is 5.11 Å². The molecule has 0 spiro atoms. The Kier molecular flexibility index (Phi) is 4.36. The zero-order valence-corrected chi connectivity index (χ0v) is 10.5. The first-order valence-electron chi connectivity index (χ1n) is 6.18. The normalized spacial score (nSPS) is 12.3. The molecule has 4 nitrogen and oxygen atoms in total. The first-order chi connectivity index (χ1) is 8.81. The predicted molar refractivity (Wildman–Crippen MR) is 69.4 cm³/mol. The number of ether oxygens (including phenoxy) is 1. The van der Waals surface area contributed by atoms with Crippen LogP contribution in [0.3, 0.4) is 0 Å². The Morgan fingerprint density at radius 2 is 2.17 bits per heavy atom. The van der Waals surface area contributed by atoms with Crippen molar-refractivity contribution in [3.63, 3.8) is 0 Å². The fourth-order valence-corrected chi connectivity index (χ4v) is 1.79. The lowest BCUT2D eigenvalue weighted by atomic mass is 10.1. The van der Waals surface area contributed by atoms with Gasteiger partial charge in [-0.3, -0.25) is 4.68 Å². The van der Waals surface area contributed by atoms with Crippen LogP contribution in [-0.4, -0.2) is 21.5 Å².